The van der Waals surface area contributed by atoms with Crippen molar-refractivity contribution in [3.05, 3.63) is 17.7 Å². The molecular formula is C11H17NO3S. The fraction of sp³-hybridized carbons (Fsp3) is 0.455. The Bertz CT molecular complexity index is 344. The smallest absolute Gasteiger partial charge is 0.140 e. The molecule has 0 aliphatic carbocycles. The lowest BCUT2D eigenvalue weighted by atomic mass is 10.2. The topological polar surface area (TPSA) is 39.7 Å². The maximum absolute atomic E-state index is 5.41. The average molecular weight is 243 g/mol. The molecule has 0 aliphatic heterocycles. The molecule has 90 valence electrons. The summed E-state index contributed by atoms with van der Waals surface area (Å²) >= 11 is 1.60. The maximum Gasteiger partial charge on any atom is 0.140 e. The van der Waals surface area contributed by atoms with Gasteiger partial charge in [0.1, 0.15) is 11.5 Å². The van der Waals surface area contributed by atoms with Gasteiger partial charge in [-0.1, -0.05) is 6.07 Å². The van der Waals surface area contributed by atoms with Gasteiger partial charge in [-0.25, -0.2) is 0 Å². The summed E-state index contributed by atoms with van der Waals surface area (Å²) < 4.78 is 10.7. The number of methoxy groups -OCH3 is 2. The zero-order valence-electron chi connectivity index (χ0n) is 9.99. The van der Waals surface area contributed by atoms with Gasteiger partial charge in [0.25, 0.3) is 0 Å². The van der Waals surface area contributed by atoms with Gasteiger partial charge in [0.05, 0.1) is 26.2 Å². The molecule has 4 nitrogen and oxygen atoms in total. The molecule has 0 unspecified atom stereocenters. The van der Waals surface area contributed by atoms with E-state index < -0.39 is 0 Å². The van der Waals surface area contributed by atoms with Crippen LogP contribution in [-0.4, -0.2) is 27.6 Å². The normalized spacial score (nSPS) is 10.2. The molecule has 16 heavy (non-hydrogen) atoms. The molecule has 0 saturated carbocycles. The molecule has 0 atom stereocenters. The molecule has 1 aromatic carbocycles. The monoisotopic (exact) mass is 243 g/mol. The quantitative estimate of drug-likeness (QED) is 0.612. The standard InChI is InChI=1S/C11H17NO3S/c1-13-9-6-5-8(7-12-15-3)10(14-2)11(9)16-4/h5-6,12H,7H2,1-4H3. The van der Waals surface area contributed by atoms with Crippen molar-refractivity contribution in [1.29, 1.82) is 0 Å². The van der Waals surface area contributed by atoms with E-state index >= 15 is 0 Å². The van der Waals surface area contributed by atoms with Gasteiger partial charge in [-0.2, -0.15) is 5.48 Å². The summed E-state index contributed by atoms with van der Waals surface area (Å²) in [5, 5.41) is 0. The van der Waals surface area contributed by atoms with Gasteiger partial charge in [-0.3, -0.25) is 0 Å². The number of hydrogen-bond acceptors (Lipinski definition) is 5. The van der Waals surface area contributed by atoms with Gasteiger partial charge < -0.3 is 14.3 Å². The molecule has 0 aromatic heterocycles. The van der Waals surface area contributed by atoms with E-state index in [1.165, 1.54) is 0 Å². The SMILES string of the molecule is CONCc1ccc(OC)c(SC)c1OC. The van der Waals surface area contributed by atoms with E-state index in [-0.39, 0.29) is 0 Å². The Balaban J connectivity index is 3.10. The first-order valence-corrected chi connectivity index (χ1v) is 6.04. The summed E-state index contributed by atoms with van der Waals surface area (Å²) in [6, 6.07) is 3.89. The van der Waals surface area contributed by atoms with Crippen LogP contribution < -0.4 is 15.0 Å². The molecule has 5 heteroatoms. The highest BCUT2D eigenvalue weighted by atomic mass is 32.2. The largest absolute Gasteiger partial charge is 0.495 e. The van der Waals surface area contributed by atoms with Crippen LogP contribution in [0.4, 0.5) is 0 Å². The first-order chi connectivity index (χ1) is 7.78. The molecule has 0 aliphatic rings. The Morgan fingerprint density at radius 1 is 1.19 bits per heavy atom. The number of hydrogen-bond donors (Lipinski definition) is 1. The maximum atomic E-state index is 5.41. The number of thioether (sulfide) groups is 1. The van der Waals surface area contributed by atoms with Crippen LogP contribution in [0.1, 0.15) is 5.56 Å². The van der Waals surface area contributed by atoms with Crippen molar-refractivity contribution in [3.8, 4) is 11.5 Å². The first kappa shape index (κ1) is 13.2. The summed E-state index contributed by atoms with van der Waals surface area (Å²) in [5.41, 5.74) is 3.83. The van der Waals surface area contributed by atoms with E-state index in [2.05, 4.69) is 5.48 Å². The number of nitrogens with one attached hydrogen (secondary N) is 1. The van der Waals surface area contributed by atoms with Crippen molar-refractivity contribution in [3.63, 3.8) is 0 Å². The highest BCUT2D eigenvalue weighted by Crippen LogP contribution is 2.38. The van der Waals surface area contributed by atoms with Crippen LogP contribution in [0.2, 0.25) is 0 Å². The summed E-state index contributed by atoms with van der Waals surface area (Å²) in [6.45, 7) is 0.594. The van der Waals surface area contributed by atoms with Gasteiger partial charge >= 0.3 is 0 Å². The third kappa shape index (κ3) is 2.81. The van der Waals surface area contributed by atoms with Crippen LogP contribution in [0, 0.1) is 0 Å². The van der Waals surface area contributed by atoms with E-state index in [0.717, 1.165) is 22.0 Å². The average Bonchev–Trinajstić information content (AvgIpc) is 2.34. The summed E-state index contributed by atoms with van der Waals surface area (Å²) in [6.07, 6.45) is 1.99. The summed E-state index contributed by atoms with van der Waals surface area (Å²) in [5.74, 6) is 1.65. The molecule has 0 saturated heterocycles. The van der Waals surface area contributed by atoms with E-state index in [9.17, 15) is 0 Å². The van der Waals surface area contributed by atoms with Gasteiger partial charge in [0.15, 0.2) is 0 Å². The minimum Gasteiger partial charge on any atom is -0.495 e. The van der Waals surface area contributed by atoms with Crippen LogP contribution in [0.3, 0.4) is 0 Å². The van der Waals surface area contributed by atoms with Crippen molar-refractivity contribution in [2.45, 2.75) is 11.4 Å². The van der Waals surface area contributed by atoms with Gasteiger partial charge in [0, 0.05) is 12.1 Å². The molecule has 0 fully saturated rings. The van der Waals surface area contributed by atoms with Crippen molar-refractivity contribution in [2.75, 3.05) is 27.6 Å². The van der Waals surface area contributed by atoms with E-state index in [4.69, 9.17) is 14.3 Å². The third-order valence-corrected chi connectivity index (χ3v) is 2.99. The highest BCUT2D eigenvalue weighted by Gasteiger charge is 2.13. The molecule has 0 spiro atoms. The molecule has 0 amide bonds. The van der Waals surface area contributed by atoms with Crippen molar-refractivity contribution in [2.24, 2.45) is 0 Å². The lowest BCUT2D eigenvalue weighted by Gasteiger charge is -2.15. The molecule has 1 N–H and O–H groups in total. The second-order valence-electron chi connectivity index (χ2n) is 3.02. The number of benzene rings is 1. The van der Waals surface area contributed by atoms with Gasteiger partial charge in [-0.15, -0.1) is 11.8 Å². The van der Waals surface area contributed by atoms with Crippen LogP contribution in [-0.2, 0) is 11.4 Å². The zero-order valence-corrected chi connectivity index (χ0v) is 10.8. The third-order valence-electron chi connectivity index (χ3n) is 2.19. The van der Waals surface area contributed by atoms with Crippen molar-refractivity contribution >= 4 is 11.8 Å². The first-order valence-electron chi connectivity index (χ1n) is 4.82. The molecule has 0 bridgehead atoms. The van der Waals surface area contributed by atoms with E-state index in [0.29, 0.717) is 6.54 Å². The molecule has 1 aromatic rings. The molecular weight excluding hydrogens is 226 g/mol. The van der Waals surface area contributed by atoms with Crippen LogP contribution in [0.15, 0.2) is 17.0 Å². The Hall–Kier alpha value is -0.910. The predicted molar refractivity (Wildman–Crippen MR) is 65.2 cm³/mol. The van der Waals surface area contributed by atoms with Gasteiger partial charge in [-0.05, 0) is 12.3 Å². The highest BCUT2D eigenvalue weighted by molar-refractivity contribution is 7.98. The predicted octanol–water partition coefficient (Wildman–Crippen LogP) is 2.08. The minimum atomic E-state index is 0.594. The van der Waals surface area contributed by atoms with E-state index in [1.54, 1.807) is 33.1 Å². The zero-order chi connectivity index (χ0) is 12.0. The fourth-order valence-electron chi connectivity index (χ4n) is 1.45. The number of rotatable bonds is 6. The van der Waals surface area contributed by atoms with Crippen molar-refractivity contribution < 1.29 is 14.3 Å². The second-order valence-corrected chi connectivity index (χ2v) is 3.84. The van der Waals surface area contributed by atoms with Gasteiger partial charge in [0.2, 0.25) is 0 Å². The molecule has 1 rings (SSSR count). The van der Waals surface area contributed by atoms with Crippen molar-refractivity contribution in [1.82, 2.24) is 5.48 Å². The number of ether oxygens (including phenoxy) is 2. The Morgan fingerprint density at radius 3 is 2.44 bits per heavy atom. The Morgan fingerprint density at radius 2 is 1.94 bits per heavy atom. The van der Waals surface area contributed by atoms with Crippen LogP contribution >= 0.6 is 11.8 Å². The van der Waals surface area contributed by atoms with Crippen LogP contribution in [0.25, 0.3) is 0 Å². The van der Waals surface area contributed by atoms with E-state index in [1.807, 2.05) is 18.4 Å². The summed E-state index contributed by atoms with van der Waals surface area (Å²) in [4.78, 5) is 5.83. The second kappa shape index (κ2) is 6.62. The molecule has 0 radical (unpaired) electrons. The Kier molecular flexibility index (Phi) is 5.45. The minimum absolute atomic E-state index is 0.594. The lowest BCUT2D eigenvalue weighted by Crippen LogP contribution is -2.12. The molecule has 0 heterocycles. The Labute approximate surface area is 100 Å². The number of hydroxylamine groups is 1. The lowest BCUT2D eigenvalue weighted by molar-refractivity contribution is 0.0860. The fourth-order valence-corrected chi connectivity index (χ4v) is 2.20. The summed E-state index contributed by atoms with van der Waals surface area (Å²) in [7, 11) is 4.90. The van der Waals surface area contributed by atoms with Crippen LogP contribution in [0.5, 0.6) is 11.5 Å².